The Labute approximate surface area is 155 Å². The van der Waals surface area contributed by atoms with Crippen molar-refractivity contribution < 1.29 is 9.90 Å². The maximum Gasteiger partial charge on any atom is 0.224 e. The van der Waals surface area contributed by atoms with Crippen LogP contribution in [0, 0.1) is 0 Å². The van der Waals surface area contributed by atoms with Crippen LogP contribution in [0.4, 0.5) is 0 Å². The molecule has 26 heavy (non-hydrogen) atoms. The van der Waals surface area contributed by atoms with Gasteiger partial charge in [0, 0.05) is 33.4 Å². The molecule has 3 N–H and O–H groups in total. The number of halogens is 1. The predicted octanol–water partition coefficient (Wildman–Crippen LogP) is 4.54. The summed E-state index contributed by atoms with van der Waals surface area (Å²) in [6.45, 7) is 0.389. The molecule has 0 unspecified atom stereocenters. The average molecular weight is 365 g/mol. The summed E-state index contributed by atoms with van der Waals surface area (Å²) in [5.74, 6) is 0.132. The Hall–Kier alpha value is -2.98. The lowest BCUT2D eigenvalue weighted by molar-refractivity contribution is -0.120. The zero-order valence-corrected chi connectivity index (χ0v) is 14.7. The summed E-state index contributed by atoms with van der Waals surface area (Å²) < 4.78 is 0. The first kappa shape index (κ1) is 16.5. The second-order valence-corrected chi connectivity index (χ2v) is 6.75. The number of aromatic nitrogens is 1. The third-order valence-corrected chi connectivity index (χ3v) is 4.63. The summed E-state index contributed by atoms with van der Waals surface area (Å²) in [7, 11) is 0. The number of aromatic amines is 1. The summed E-state index contributed by atoms with van der Waals surface area (Å²) in [5.41, 5.74) is 3.77. The fourth-order valence-electron chi connectivity index (χ4n) is 3.15. The highest BCUT2D eigenvalue weighted by Crippen LogP contribution is 2.28. The van der Waals surface area contributed by atoms with E-state index in [4.69, 9.17) is 11.6 Å². The number of benzene rings is 3. The number of phenols is 1. The highest BCUT2D eigenvalue weighted by molar-refractivity contribution is 6.31. The van der Waals surface area contributed by atoms with Gasteiger partial charge >= 0.3 is 0 Å². The van der Waals surface area contributed by atoms with Crippen molar-refractivity contribution in [1.82, 2.24) is 10.3 Å². The molecule has 0 spiro atoms. The molecule has 0 aliphatic heterocycles. The zero-order chi connectivity index (χ0) is 18.1. The van der Waals surface area contributed by atoms with E-state index in [-0.39, 0.29) is 11.7 Å². The van der Waals surface area contributed by atoms with E-state index in [1.54, 1.807) is 18.2 Å². The lowest BCUT2D eigenvalue weighted by atomic mass is 10.1. The van der Waals surface area contributed by atoms with Gasteiger partial charge in [0.15, 0.2) is 0 Å². The van der Waals surface area contributed by atoms with Crippen LogP contribution in [0.5, 0.6) is 5.75 Å². The van der Waals surface area contributed by atoms with Gasteiger partial charge in [0.1, 0.15) is 5.75 Å². The molecule has 4 rings (SSSR count). The van der Waals surface area contributed by atoms with Crippen molar-refractivity contribution in [2.45, 2.75) is 13.0 Å². The standard InChI is InChI=1S/C21H17ClN2O2/c22-15-5-7-18-17-6-4-13(9-19(17)24-20(18)11-15)10-21(26)23-12-14-2-1-3-16(25)8-14/h1-9,11,24-25H,10,12H2,(H,23,26). The molecule has 4 nitrogen and oxygen atoms in total. The summed E-state index contributed by atoms with van der Waals surface area (Å²) in [6, 6.07) is 18.6. The third kappa shape index (κ3) is 3.37. The number of phenolic OH excluding ortho intramolecular Hbond substituents is 1. The molecular weight excluding hydrogens is 348 g/mol. The molecule has 1 heterocycles. The molecule has 0 bridgehead atoms. The highest BCUT2D eigenvalue weighted by atomic mass is 35.5. The summed E-state index contributed by atoms with van der Waals surface area (Å²) in [4.78, 5) is 15.6. The summed E-state index contributed by atoms with van der Waals surface area (Å²) in [6.07, 6.45) is 0.297. The minimum Gasteiger partial charge on any atom is -0.508 e. The van der Waals surface area contributed by atoms with Gasteiger partial charge < -0.3 is 15.4 Å². The normalized spacial score (nSPS) is 11.1. The maximum absolute atomic E-state index is 12.2. The number of hydrogen-bond acceptors (Lipinski definition) is 2. The second kappa shape index (κ2) is 6.73. The van der Waals surface area contributed by atoms with Crippen LogP contribution in [0.1, 0.15) is 11.1 Å². The number of carbonyl (C=O) groups excluding carboxylic acids is 1. The number of H-pyrrole nitrogens is 1. The quantitative estimate of drug-likeness (QED) is 0.497. The first-order valence-corrected chi connectivity index (χ1v) is 8.71. The van der Waals surface area contributed by atoms with E-state index >= 15 is 0 Å². The van der Waals surface area contributed by atoms with Gasteiger partial charge in [-0.2, -0.15) is 0 Å². The van der Waals surface area contributed by atoms with Gasteiger partial charge in [-0.05, 0) is 41.5 Å². The fraction of sp³-hybridized carbons (Fsp3) is 0.0952. The Morgan fingerprint density at radius 1 is 0.962 bits per heavy atom. The van der Waals surface area contributed by atoms with Crippen LogP contribution in [0.2, 0.25) is 5.02 Å². The van der Waals surface area contributed by atoms with Gasteiger partial charge in [-0.3, -0.25) is 4.79 Å². The molecule has 0 fully saturated rings. The van der Waals surface area contributed by atoms with E-state index in [1.165, 1.54) is 0 Å². The molecule has 5 heteroatoms. The highest BCUT2D eigenvalue weighted by Gasteiger charge is 2.08. The zero-order valence-electron chi connectivity index (χ0n) is 13.9. The van der Waals surface area contributed by atoms with Gasteiger partial charge in [-0.25, -0.2) is 0 Å². The van der Waals surface area contributed by atoms with Crippen LogP contribution >= 0.6 is 11.6 Å². The number of aromatic hydroxyl groups is 1. The van der Waals surface area contributed by atoms with Crippen LogP contribution in [-0.4, -0.2) is 16.0 Å². The molecule has 1 amide bonds. The first-order valence-electron chi connectivity index (χ1n) is 8.33. The molecular formula is C21H17ClN2O2. The molecule has 0 aliphatic rings. The van der Waals surface area contributed by atoms with Crippen molar-refractivity contribution in [3.8, 4) is 5.75 Å². The SMILES string of the molecule is O=C(Cc1ccc2c(c1)[nH]c1cc(Cl)ccc12)NCc1cccc(O)c1. The van der Waals surface area contributed by atoms with Gasteiger partial charge in [0.25, 0.3) is 0 Å². The van der Waals surface area contributed by atoms with Crippen molar-refractivity contribution in [2.24, 2.45) is 0 Å². The Morgan fingerprint density at radius 2 is 1.73 bits per heavy atom. The second-order valence-electron chi connectivity index (χ2n) is 6.32. The molecule has 0 saturated carbocycles. The molecule has 130 valence electrons. The molecule has 0 saturated heterocycles. The van der Waals surface area contributed by atoms with E-state index in [9.17, 15) is 9.90 Å². The number of fused-ring (bicyclic) bond motifs is 3. The van der Waals surface area contributed by atoms with Gasteiger partial charge in [-0.1, -0.05) is 41.9 Å². The van der Waals surface area contributed by atoms with Crippen molar-refractivity contribution >= 4 is 39.3 Å². The maximum atomic E-state index is 12.2. The number of hydrogen-bond donors (Lipinski definition) is 3. The van der Waals surface area contributed by atoms with Crippen molar-refractivity contribution in [3.05, 3.63) is 76.8 Å². The van der Waals surface area contributed by atoms with Gasteiger partial charge in [0.05, 0.1) is 6.42 Å². The average Bonchev–Trinajstić information content (AvgIpc) is 2.96. The van der Waals surface area contributed by atoms with E-state index in [1.807, 2.05) is 42.5 Å². The van der Waals surface area contributed by atoms with Gasteiger partial charge in [0.2, 0.25) is 5.91 Å². The third-order valence-electron chi connectivity index (χ3n) is 4.39. The van der Waals surface area contributed by atoms with E-state index in [2.05, 4.69) is 10.3 Å². The number of nitrogens with one attached hydrogen (secondary N) is 2. The Balaban J connectivity index is 1.49. The lowest BCUT2D eigenvalue weighted by Crippen LogP contribution is -2.24. The largest absolute Gasteiger partial charge is 0.508 e. The van der Waals surface area contributed by atoms with Crippen molar-refractivity contribution in [1.29, 1.82) is 0 Å². The monoisotopic (exact) mass is 364 g/mol. The van der Waals surface area contributed by atoms with Crippen molar-refractivity contribution in [2.75, 3.05) is 0 Å². The molecule has 3 aromatic carbocycles. The number of carbonyl (C=O) groups is 1. The van der Waals surface area contributed by atoms with E-state index < -0.39 is 0 Å². The molecule has 4 aromatic rings. The van der Waals surface area contributed by atoms with Crippen LogP contribution in [0.3, 0.4) is 0 Å². The fourth-order valence-corrected chi connectivity index (χ4v) is 3.33. The topological polar surface area (TPSA) is 65.1 Å². The smallest absolute Gasteiger partial charge is 0.224 e. The molecule has 0 radical (unpaired) electrons. The minimum absolute atomic E-state index is 0.0631. The van der Waals surface area contributed by atoms with Crippen LogP contribution in [0.25, 0.3) is 21.8 Å². The summed E-state index contributed by atoms with van der Waals surface area (Å²) in [5, 5.41) is 15.3. The molecule has 1 aromatic heterocycles. The van der Waals surface area contributed by atoms with Gasteiger partial charge in [-0.15, -0.1) is 0 Å². The van der Waals surface area contributed by atoms with E-state index in [0.29, 0.717) is 18.0 Å². The number of amides is 1. The van der Waals surface area contributed by atoms with Crippen LogP contribution < -0.4 is 5.32 Å². The molecule has 0 atom stereocenters. The Bertz CT molecular complexity index is 1120. The van der Waals surface area contributed by atoms with Crippen LogP contribution in [-0.2, 0) is 17.8 Å². The summed E-state index contributed by atoms with van der Waals surface area (Å²) >= 11 is 6.05. The van der Waals surface area contributed by atoms with E-state index in [0.717, 1.165) is 32.9 Å². The molecule has 0 aliphatic carbocycles. The van der Waals surface area contributed by atoms with Crippen molar-refractivity contribution in [3.63, 3.8) is 0 Å². The lowest BCUT2D eigenvalue weighted by Gasteiger charge is -2.06. The number of rotatable bonds is 4. The minimum atomic E-state index is -0.0631. The predicted molar refractivity (Wildman–Crippen MR) is 104 cm³/mol. The Kier molecular flexibility index (Phi) is 4.27. The Morgan fingerprint density at radius 3 is 2.54 bits per heavy atom. The first-order chi connectivity index (χ1) is 12.6. The van der Waals surface area contributed by atoms with Crippen LogP contribution in [0.15, 0.2) is 60.7 Å².